The molecule has 0 amide bonds. The standard InChI is InChI=1S/C10H22O/c1-5-7-9(3)8-11-10(4)6-2/h9-10H,5-8H2,1-4H3. The maximum Gasteiger partial charge on any atom is 0.0544 e. The molecule has 0 aromatic heterocycles. The molecule has 0 bridgehead atoms. The predicted octanol–water partition coefficient (Wildman–Crippen LogP) is 3.24. The molecule has 2 unspecified atom stereocenters. The molecule has 0 radical (unpaired) electrons. The van der Waals surface area contributed by atoms with Gasteiger partial charge >= 0.3 is 0 Å². The first-order valence-electron chi connectivity index (χ1n) is 4.82. The van der Waals surface area contributed by atoms with E-state index in [-0.39, 0.29) is 0 Å². The van der Waals surface area contributed by atoms with Crippen LogP contribution in [0.2, 0.25) is 0 Å². The molecule has 68 valence electrons. The van der Waals surface area contributed by atoms with E-state index < -0.39 is 0 Å². The summed E-state index contributed by atoms with van der Waals surface area (Å²) in [6, 6.07) is 0. The van der Waals surface area contributed by atoms with Crippen LogP contribution in [0.25, 0.3) is 0 Å². The summed E-state index contributed by atoms with van der Waals surface area (Å²) >= 11 is 0. The van der Waals surface area contributed by atoms with Gasteiger partial charge in [-0.25, -0.2) is 0 Å². The van der Waals surface area contributed by atoms with Crippen LogP contribution in [-0.2, 0) is 4.74 Å². The third kappa shape index (κ3) is 6.36. The molecule has 0 aromatic rings. The summed E-state index contributed by atoms with van der Waals surface area (Å²) in [4.78, 5) is 0. The van der Waals surface area contributed by atoms with Crippen LogP contribution in [0, 0.1) is 5.92 Å². The van der Waals surface area contributed by atoms with E-state index in [4.69, 9.17) is 4.74 Å². The summed E-state index contributed by atoms with van der Waals surface area (Å²) in [5.74, 6) is 0.731. The van der Waals surface area contributed by atoms with E-state index in [9.17, 15) is 0 Å². The lowest BCUT2D eigenvalue weighted by molar-refractivity contribution is 0.0400. The Balaban J connectivity index is 3.22. The van der Waals surface area contributed by atoms with Gasteiger partial charge in [-0.1, -0.05) is 27.2 Å². The van der Waals surface area contributed by atoms with Crippen LogP contribution >= 0.6 is 0 Å². The van der Waals surface area contributed by atoms with Crippen molar-refractivity contribution in [3.8, 4) is 0 Å². The Morgan fingerprint density at radius 2 is 1.82 bits per heavy atom. The minimum atomic E-state index is 0.439. The Labute approximate surface area is 71.1 Å². The second kappa shape index (κ2) is 6.66. The van der Waals surface area contributed by atoms with Gasteiger partial charge in [-0.3, -0.25) is 0 Å². The van der Waals surface area contributed by atoms with Crippen LogP contribution < -0.4 is 0 Å². The van der Waals surface area contributed by atoms with Gasteiger partial charge in [0.1, 0.15) is 0 Å². The third-order valence-electron chi connectivity index (χ3n) is 2.02. The summed E-state index contributed by atoms with van der Waals surface area (Å²) in [5, 5.41) is 0. The van der Waals surface area contributed by atoms with E-state index in [1.807, 2.05) is 0 Å². The maximum absolute atomic E-state index is 5.61. The SMILES string of the molecule is CCCC(C)COC(C)CC. The molecule has 0 fully saturated rings. The lowest BCUT2D eigenvalue weighted by Crippen LogP contribution is -2.12. The molecule has 0 saturated carbocycles. The molecule has 11 heavy (non-hydrogen) atoms. The molecule has 0 aliphatic rings. The van der Waals surface area contributed by atoms with Crippen LogP contribution in [-0.4, -0.2) is 12.7 Å². The van der Waals surface area contributed by atoms with Gasteiger partial charge in [0, 0.05) is 6.61 Å². The average molecular weight is 158 g/mol. The molecule has 0 N–H and O–H groups in total. The fraction of sp³-hybridized carbons (Fsp3) is 1.00. The first kappa shape index (κ1) is 11.0. The quantitative estimate of drug-likeness (QED) is 0.576. The van der Waals surface area contributed by atoms with Crippen molar-refractivity contribution >= 4 is 0 Å². The van der Waals surface area contributed by atoms with Gasteiger partial charge in [0.15, 0.2) is 0 Å². The molecule has 0 spiro atoms. The summed E-state index contributed by atoms with van der Waals surface area (Å²) in [5.41, 5.74) is 0. The minimum absolute atomic E-state index is 0.439. The van der Waals surface area contributed by atoms with E-state index >= 15 is 0 Å². The zero-order valence-corrected chi connectivity index (χ0v) is 8.39. The predicted molar refractivity (Wildman–Crippen MR) is 49.8 cm³/mol. The topological polar surface area (TPSA) is 9.23 Å². The van der Waals surface area contributed by atoms with Gasteiger partial charge < -0.3 is 4.74 Å². The van der Waals surface area contributed by atoms with Gasteiger partial charge in [-0.2, -0.15) is 0 Å². The van der Waals surface area contributed by atoms with Crippen molar-refractivity contribution in [3.05, 3.63) is 0 Å². The van der Waals surface area contributed by atoms with Gasteiger partial charge in [-0.15, -0.1) is 0 Å². The lowest BCUT2D eigenvalue weighted by atomic mass is 10.1. The normalized spacial score (nSPS) is 16.4. The molecule has 0 aliphatic heterocycles. The van der Waals surface area contributed by atoms with Crippen molar-refractivity contribution in [2.45, 2.75) is 53.1 Å². The van der Waals surface area contributed by atoms with E-state index in [0.717, 1.165) is 18.9 Å². The highest BCUT2D eigenvalue weighted by atomic mass is 16.5. The molecule has 2 atom stereocenters. The Bertz CT molecular complexity index is 80.9. The second-order valence-electron chi connectivity index (χ2n) is 3.45. The van der Waals surface area contributed by atoms with E-state index in [1.165, 1.54) is 12.8 Å². The lowest BCUT2D eigenvalue weighted by Gasteiger charge is -2.14. The Kier molecular flexibility index (Phi) is 6.63. The number of rotatable bonds is 6. The highest BCUT2D eigenvalue weighted by molar-refractivity contribution is 4.52. The van der Waals surface area contributed by atoms with Crippen molar-refractivity contribution in [2.75, 3.05) is 6.61 Å². The summed E-state index contributed by atoms with van der Waals surface area (Å²) in [6.45, 7) is 9.71. The van der Waals surface area contributed by atoms with Gasteiger partial charge in [0.2, 0.25) is 0 Å². The zero-order chi connectivity index (χ0) is 8.69. The van der Waals surface area contributed by atoms with Gasteiger partial charge in [0.25, 0.3) is 0 Å². The highest BCUT2D eigenvalue weighted by Crippen LogP contribution is 2.07. The van der Waals surface area contributed by atoms with Crippen LogP contribution in [0.5, 0.6) is 0 Å². The maximum atomic E-state index is 5.61. The second-order valence-corrected chi connectivity index (χ2v) is 3.45. The van der Waals surface area contributed by atoms with E-state index in [0.29, 0.717) is 6.10 Å². The van der Waals surface area contributed by atoms with Crippen LogP contribution in [0.1, 0.15) is 47.0 Å². The van der Waals surface area contributed by atoms with Gasteiger partial charge in [0.05, 0.1) is 6.10 Å². The zero-order valence-electron chi connectivity index (χ0n) is 8.39. The smallest absolute Gasteiger partial charge is 0.0544 e. The molecule has 0 rings (SSSR count). The fourth-order valence-corrected chi connectivity index (χ4v) is 1.02. The minimum Gasteiger partial charge on any atom is -0.378 e. The largest absolute Gasteiger partial charge is 0.378 e. The number of hydrogen-bond acceptors (Lipinski definition) is 1. The Morgan fingerprint density at radius 3 is 2.27 bits per heavy atom. The van der Waals surface area contributed by atoms with Crippen LogP contribution in [0.3, 0.4) is 0 Å². The van der Waals surface area contributed by atoms with E-state index in [2.05, 4.69) is 27.7 Å². The Hall–Kier alpha value is -0.0400. The van der Waals surface area contributed by atoms with Crippen LogP contribution in [0.4, 0.5) is 0 Å². The van der Waals surface area contributed by atoms with Crippen molar-refractivity contribution in [1.29, 1.82) is 0 Å². The third-order valence-corrected chi connectivity index (χ3v) is 2.02. The van der Waals surface area contributed by atoms with Crippen molar-refractivity contribution < 1.29 is 4.74 Å². The molecule has 0 aliphatic carbocycles. The van der Waals surface area contributed by atoms with Crippen molar-refractivity contribution in [2.24, 2.45) is 5.92 Å². The number of ether oxygens (including phenoxy) is 1. The average Bonchev–Trinajstić information content (AvgIpc) is 2.01. The molecule has 0 saturated heterocycles. The molecular weight excluding hydrogens is 136 g/mol. The molecule has 1 nitrogen and oxygen atoms in total. The van der Waals surface area contributed by atoms with Crippen LogP contribution in [0.15, 0.2) is 0 Å². The molecule has 0 heterocycles. The summed E-state index contributed by atoms with van der Waals surface area (Å²) < 4.78 is 5.61. The summed E-state index contributed by atoms with van der Waals surface area (Å²) in [7, 11) is 0. The van der Waals surface area contributed by atoms with Crippen molar-refractivity contribution in [1.82, 2.24) is 0 Å². The molecule has 0 aromatic carbocycles. The molecule has 1 heteroatoms. The van der Waals surface area contributed by atoms with Crippen molar-refractivity contribution in [3.63, 3.8) is 0 Å². The van der Waals surface area contributed by atoms with Gasteiger partial charge in [-0.05, 0) is 25.7 Å². The fourth-order valence-electron chi connectivity index (χ4n) is 1.02. The monoisotopic (exact) mass is 158 g/mol. The first-order chi connectivity index (χ1) is 5.20. The Morgan fingerprint density at radius 1 is 1.18 bits per heavy atom. The highest BCUT2D eigenvalue weighted by Gasteiger charge is 2.03. The molecular formula is C10H22O. The number of hydrogen-bond donors (Lipinski definition) is 0. The van der Waals surface area contributed by atoms with E-state index in [1.54, 1.807) is 0 Å². The summed E-state index contributed by atoms with van der Waals surface area (Å²) in [6.07, 6.45) is 4.12. The first-order valence-corrected chi connectivity index (χ1v) is 4.82.